The third-order valence-electron chi connectivity index (χ3n) is 5.40. The molecule has 0 unspecified atom stereocenters. The first-order valence-corrected chi connectivity index (χ1v) is 9.98. The van der Waals surface area contributed by atoms with Gasteiger partial charge in [0.2, 0.25) is 5.78 Å². The van der Waals surface area contributed by atoms with E-state index in [2.05, 4.69) is 0 Å². The number of hydrogen-bond acceptors (Lipinski definition) is 6. The van der Waals surface area contributed by atoms with Gasteiger partial charge in [-0.25, -0.2) is 9.18 Å². The van der Waals surface area contributed by atoms with E-state index in [1.165, 1.54) is 37.3 Å². The summed E-state index contributed by atoms with van der Waals surface area (Å²) in [5.74, 6) is -2.67. The summed E-state index contributed by atoms with van der Waals surface area (Å²) < 4.78 is 23.8. The summed E-state index contributed by atoms with van der Waals surface area (Å²) in [6.45, 7) is 2.20. The first kappa shape index (κ1) is 20.9. The SMILES string of the molecule is C[C@H](OC(=O)c1ccc2c(c1)C(=O)N(C[C@H]1CCCO1)C2=O)C(=O)c1ccc(F)cc1. The van der Waals surface area contributed by atoms with Crippen molar-refractivity contribution in [3.8, 4) is 0 Å². The minimum absolute atomic E-state index is 0.0534. The second kappa shape index (κ2) is 8.39. The second-order valence-electron chi connectivity index (χ2n) is 7.53. The summed E-state index contributed by atoms with van der Waals surface area (Å²) in [5.41, 5.74) is 0.601. The molecule has 2 aliphatic heterocycles. The zero-order chi connectivity index (χ0) is 22.1. The molecule has 160 valence electrons. The summed E-state index contributed by atoms with van der Waals surface area (Å²) >= 11 is 0. The minimum Gasteiger partial charge on any atom is -0.451 e. The fourth-order valence-corrected chi connectivity index (χ4v) is 3.71. The maximum atomic E-state index is 13.0. The van der Waals surface area contributed by atoms with Crippen molar-refractivity contribution < 1.29 is 33.0 Å². The first-order valence-electron chi connectivity index (χ1n) is 9.98. The molecule has 31 heavy (non-hydrogen) atoms. The third-order valence-corrected chi connectivity index (χ3v) is 5.40. The van der Waals surface area contributed by atoms with Crippen molar-refractivity contribution in [2.75, 3.05) is 13.2 Å². The minimum atomic E-state index is -1.11. The highest BCUT2D eigenvalue weighted by atomic mass is 19.1. The number of ketones is 1. The number of amides is 2. The molecule has 0 aliphatic carbocycles. The van der Waals surface area contributed by atoms with Gasteiger partial charge in [0, 0.05) is 12.2 Å². The molecule has 4 rings (SSSR count). The van der Waals surface area contributed by atoms with Gasteiger partial charge in [0.15, 0.2) is 6.10 Å². The topological polar surface area (TPSA) is 90.0 Å². The smallest absolute Gasteiger partial charge is 0.338 e. The van der Waals surface area contributed by atoms with E-state index in [-0.39, 0.29) is 34.9 Å². The van der Waals surface area contributed by atoms with Gasteiger partial charge in [-0.05, 0) is 62.2 Å². The first-order chi connectivity index (χ1) is 14.8. The molecule has 2 heterocycles. The van der Waals surface area contributed by atoms with E-state index in [0.717, 1.165) is 29.9 Å². The number of ether oxygens (including phenoxy) is 2. The number of benzene rings is 2. The van der Waals surface area contributed by atoms with Crippen molar-refractivity contribution in [1.82, 2.24) is 4.90 Å². The van der Waals surface area contributed by atoms with Crippen molar-refractivity contribution in [3.63, 3.8) is 0 Å². The normalized spacial score (nSPS) is 18.8. The van der Waals surface area contributed by atoms with Gasteiger partial charge >= 0.3 is 5.97 Å². The van der Waals surface area contributed by atoms with Crippen molar-refractivity contribution in [2.24, 2.45) is 0 Å². The maximum absolute atomic E-state index is 13.0. The van der Waals surface area contributed by atoms with Crippen molar-refractivity contribution >= 4 is 23.6 Å². The molecule has 1 saturated heterocycles. The van der Waals surface area contributed by atoms with E-state index in [0.29, 0.717) is 6.61 Å². The van der Waals surface area contributed by atoms with Crippen LogP contribution in [-0.4, -0.2) is 53.8 Å². The molecule has 2 aromatic carbocycles. The quantitative estimate of drug-likeness (QED) is 0.402. The van der Waals surface area contributed by atoms with E-state index in [1.807, 2.05) is 0 Å². The molecular weight excluding hydrogens is 405 g/mol. The zero-order valence-corrected chi connectivity index (χ0v) is 16.8. The Hall–Kier alpha value is -3.39. The van der Waals surface area contributed by atoms with Crippen molar-refractivity contribution in [2.45, 2.75) is 32.0 Å². The van der Waals surface area contributed by atoms with Gasteiger partial charge in [0.1, 0.15) is 5.82 Å². The number of fused-ring (bicyclic) bond motifs is 1. The highest BCUT2D eigenvalue weighted by molar-refractivity contribution is 6.22. The van der Waals surface area contributed by atoms with Gasteiger partial charge in [-0.1, -0.05) is 0 Å². The number of esters is 1. The lowest BCUT2D eigenvalue weighted by atomic mass is 10.1. The number of imide groups is 1. The Morgan fingerprint density at radius 2 is 1.77 bits per heavy atom. The lowest BCUT2D eigenvalue weighted by Crippen LogP contribution is -2.36. The molecule has 0 radical (unpaired) electrons. The molecule has 8 heteroatoms. The summed E-state index contributed by atoms with van der Waals surface area (Å²) in [6.07, 6.45) is 0.383. The standard InChI is InChI=1S/C23H20FNO6/c1-13(20(26)14-4-7-16(24)8-5-14)31-23(29)15-6-9-18-19(11-15)22(28)25(21(18)27)12-17-3-2-10-30-17/h4-9,11,13,17H,2-3,10,12H2,1H3/t13-,17+/m0/s1. The molecule has 0 N–H and O–H groups in total. The van der Waals surface area contributed by atoms with E-state index in [9.17, 15) is 23.6 Å². The molecule has 7 nitrogen and oxygen atoms in total. The highest BCUT2D eigenvalue weighted by Crippen LogP contribution is 2.26. The van der Waals surface area contributed by atoms with Crippen molar-refractivity contribution in [3.05, 3.63) is 70.5 Å². The van der Waals surface area contributed by atoms with Gasteiger partial charge in [-0.15, -0.1) is 0 Å². The fourth-order valence-electron chi connectivity index (χ4n) is 3.71. The lowest BCUT2D eigenvalue weighted by molar-refractivity contribution is 0.0318. The number of Topliss-reactive ketones (excluding diaryl/α,β-unsaturated/α-hetero) is 1. The van der Waals surface area contributed by atoms with Crippen LogP contribution in [0.2, 0.25) is 0 Å². The molecule has 0 bridgehead atoms. The molecule has 2 amide bonds. The Morgan fingerprint density at radius 3 is 2.45 bits per heavy atom. The summed E-state index contributed by atoms with van der Waals surface area (Å²) in [6, 6.07) is 9.02. The predicted octanol–water partition coefficient (Wildman–Crippen LogP) is 3.03. The number of rotatable bonds is 6. The number of carbonyl (C=O) groups excluding carboxylic acids is 4. The Morgan fingerprint density at radius 1 is 1.10 bits per heavy atom. The van der Waals surface area contributed by atoms with Gasteiger partial charge < -0.3 is 9.47 Å². The Labute approximate surface area is 177 Å². The molecule has 2 aromatic rings. The van der Waals surface area contributed by atoms with Gasteiger partial charge in [0.05, 0.1) is 29.3 Å². The molecule has 0 spiro atoms. The Bertz CT molecular complexity index is 1060. The van der Waals surface area contributed by atoms with Crippen LogP contribution in [0.15, 0.2) is 42.5 Å². The molecule has 2 atom stereocenters. The molecule has 0 aromatic heterocycles. The largest absolute Gasteiger partial charge is 0.451 e. The Balaban J connectivity index is 1.46. The fraction of sp³-hybridized carbons (Fsp3) is 0.304. The maximum Gasteiger partial charge on any atom is 0.338 e. The van der Waals surface area contributed by atoms with E-state index in [1.54, 1.807) is 0 Å². The van der Waals surface area contributed by atoms with E-state index >= 15 is 0 Å². The second-order valence-corrected chi connectivity index (χ2v) is 7.53. The number of halogens is 1. The summed E-state index contributed by atoms with van der Waals surface area (Å²) in [4.78, 5) is 51.4. The Kier molecular flexibility index (Phi) is 5.65. The zero-order valence-electron chi connectivity index (χ0n) is 16.8. The monoisotopic (exact) mass is 425 g/mol. The van der Waals surface area contributed by atoms with Gasteiger partial charge in [-0.2, -0.15) is 0 Å². The van der Waals surface area contributed by atoms with Gasteiger partial charge in [-0.3, -0.25) is 19.3 Å². The van der Waals surface area contributed by atoms with Crippen LogP contribution in [0.4, 0.5) is 4.39 Å². The van der Waals surface area contributed by atoms with Crippen molar-refractivity contribution in [1.29, 1.82) is 0 Å². The molecule has 1 fully saturated rings. The van der Waals surface area contributed by atoms with Crippen LogP contribution in [-0.2, 0) is 9.47 Å². The van der Waals surface area contributed by atoms with Gasteiger partial charge in [0.25, 0.3) is 11.8 Å². The van der Waals surface area contributed by atoms with Crippen LogP contribution in [0.1, 0.15) is 61.2 Å². The molecule has 0 saturated carbocycles. The van der Waals surface area contributed by atoms with E-state index in [4.69, 9.17) is 9.47 Å². The number of nitrogens with zero attached hydrogens (tertiary/aromatic N) is 1. The van der Waals surface area contributed by atoms with Crippen LogP contribution in [0.3, 0.4) is 0 Å². The predicted molar refractivity (Wildman–Crippen MR) is 106 cm³/mol. The number of hydrogen-bond donors (Lipinski definition) is 0. The summed E-state index contributed by atoms with van der Waals surface area (Å²) in [7, 11) is 0. The van der Waals surface area contributed by atoms with Crippen LogP contribution in [0.5, 0.6) is 0 Å². The number of carbonyl (C=O) groups is 4. The lowest BCUT2D eigenvalue weighted by Gasteiger charge is -2.17. The van der Waals surface area contributed by atoms with E-state index < -0.39 is 35.5 Å². The van der Waals surface area contributed by atoms with Crippen LogP contribution < -0.4 is 0 Å². The molecular formula is C23H20FNO6. The van der Waals surface area contributed by atoms with Crippen LogP contribution in [0, 0.1) is 5.82 Å². The average molecular weight is 425 g/mol. The summed E-state index contributed by atoms with van der Waals surface area (Å²) in [5, 5.41) is 0. The van der Waals surface area contributed by atoms with Crippen LogP contribution in [0.25, 0.3) is 0 Å². The average Bonchev–Trinajstić information content (AvgIpc) is 3.36. The highest BCUT2D eigenvalue weighted by Gasteiger charge is 2.38. The molecule has 2 aliphatic rings. The third kappa shape index (κ3) is 4.11. The van der Waals surface area contributed by atoms with Crippen LogP contribution >= 0.6 is 0 Å².